The van der Waals surface area contributed by atoms with Gasteiger partial charge in [-0.3, -0.25) is 15.0 Å². The molecule has 7 aromatic carbocycles. The normalized spacial score (nSPS) is 12.6. The van der Waals surface area contributed by atoms with Crippen LogP contribution in [-0.2, 0) is 13.0 Å². The van der Waals surface area contributed by atoms with Crippen LogP contribution in [0.15, 0.2) is 216 Å². The fourth-order valence-electron chi connectivity index (χ4n) is 7.27. The molecule has 0 aliphatic carbocycles. The molecule has 0 saturated carbocycles. The molecule has 3 nitrogen and oxygen atoms in total. The number of hydrogen-bond donors (Lipinski definition) is 0. The molecule has 1 heterocycles. The molecule has 8 aromatic rings. The summed E-state index contributed by atoms with van der Waals surface area (Å²) in [7, 11) is 0. The van der Waals surface area contributed by atoms with E-state index in [0.29, 0.717) is 12.2 Å². The van der Waals surface area contributed by atoms with Crippen molar-refractivity contribution in [3.63, 3.8) is 0 Å². The second-order valence-corrected chi connectivity index (χ2v) is 13.3. The maximum Gasteiger partial charge on any atom is 0.0716 e. The van der Waals surface area contributed by atoms with Crippen LogP contribution < -0.4 is 0 Å². The van der Waals surface area contributed by atoms with E-state index >= 15 is 0 Å². The van der Waals surface area contributed by atoms with Crippen molar-refractivity contribution < 1.29 is 0 Å². The Morgan fingerprint density at radius 2 is 1.28 bits per heavy atom. The third-order valence-corrected chi connectivity index (χ3v) is 9.98. The third kappa shape index (κ3) is 7.08. The number of rotatable bonds is 11. The lowest BCUT2D eigenvalue weighted by molar-refractivity contribution is 1.09. The Bertz CT molecular complexity index is 2780. The van der Waals surface area contributed by atoms with Gasteiger partial charge in [-0.1, -0.05) is 158 Å². The zero-order valence-corrected chi connectivity index (χ0v) is 30.1. The number of pyridine rings is 1. The lowest BCUT2D eigenvalue weighted by Gasteiger charge is -2.13. The van der Waals surface area contributed by atoms with Crippen LogP contribution in [0.2, 0.25) is 0 Å². The predicted octanol–water partition coefficient (Wildman–Crippen LogP) is 12.8. The first-order valence-corrected chi connectivity index (χ1v) is 18.2. The van der Waals surface area contributed by atoms with E-state index in [2.05, 4.69) is 169 Å². The molecule has 54 heavy (non-hydrogen) atoms. The average molecular weight is 694 g/mol. The van der Waals surface area contributed by atoms with E-state index < -0.39 is 0 Å². The number of benzene rings is 7. The number of aliphatic imine (C=N–C) groups is 2. The lowest BCUT2D eigenvalue weighted by atomic mass is 9.92. The highest BCUT2D eigenvalue weighted by Gasteiger charge is 2.12. The summed E-state index contributed by atoms with van der Waals surface area (Å²) in [6, 6.07) is 51.7. The summed E-state index contributed by atoms with van der Waals surface area (Å²) >= 11 is 0. The number of nitrogens with zero attached hydrogens (tertiary/aromatic N) is 3. The van der Waals surface area contributed by atoms with Crippen molar-refractivity contribution in [1.29, 1.82) is 0 Å². The molecule has 258 valence electrons. The van der Waals surface area contributed by atoms with Gasteiger partial charge in [0.15, 0.2) is 0 Å². The van der Waals surface area contributed by atoms with Crippen LogP contribution in [0, 0.1) is 0 Å². The van der Waals surface area contributed by atoms with Gasteiger partial charge in [0.05, 0.1) is 18.0 Å². The van der Waals surface area contributed by atoms with Crippen LogP contribution in [0.1, 0.15) is 16.7 Å². The second-order valence-electron chi connectivity index (χ2n) is 13.3. The first-order chi connectivity index (χ1) is 26.7. The summed E-state index contributed by atoms with van der Waals surface area (Å²) < 4.78 is 0. The fourth-order valence-corrected chi connectivity index (χ4v) is 7.27. The molecule has 0 aliphatic heterocycles. The molecule has 0 amide bonds. The molecular formula is C51H39N3. The maximum absolute atomic E-state index is 5.32. The molecule has 0 N–H and O–H groups in total. The van der Waals surface area contributed by atoms with Crippen LogP contribution in [0.4, 0.5) is 0 Å². The van der Waals surface area contributed by atoms with E-state index in [4.69, 9.17) is 4.99 Å². The largest absolute Gasteiger partial charge is 0.280 e. The highest BCUT2D eigenvalue weighted by molar-refractivity contribution is 6.14. The first kappa shape index (κ1) is 34.1. The minimum absolute atomic E-state index is 0.497. The van der Waals surface area contributed by atoms with E-state index in [1.165, 1.54) is 54.2 Å². The monoisotopic (exact) mass is 693 g/mol. The van der Waals surface area contributed by atoms with E-state index in [1.807, 2.05) is 36.6 Å². The average Bonchev–Trinajstić information content (AvgIpc) is 3.24. The van der Waals surface area contributed by atoms with Gasteiger partial charge in [-0.25, -0.2) is 0 Å². The standard InChI is InChI=1S/C51H39N3/c1-3-37(17-5-4-15-36-16-14-30-53-34-36)50(52-2)33-51(54-35-42-31-40-18-6-8-20-43(40)46-23-11-10-22-45(42)46)39-28-26-38(27-29-39)49-32-41-19-7-9-21-44(41)47-24-12-13-25-48(47)49/h3-14,16-34H,1-2,15,35H2/b5-4-,37-17+,50-33-,54-51+. The summed E-state index contributed by atoms with van der Waals surface area (Å²) in [6.45, 7) is 8.57. The van der Waals surface area contributed by atoms with Crippen molar-refractivity contribution in [2.45, 2.75) is 13.0 Å². The molecule has 0 saturated heterocycles. The van der Waals surface area contributed by atoms with Crippen molar-refractivity contribution in [2.24, 2.45) is 9.98 Å². The Balaban J connectivity index is 1.21. The lowest BCUT2D eigenvalue weighted by Crippen LogP contribution is -2.01. The van der Waals surface area contributed by atoms with Crippen LogP contribution in [0.3, 0.4) is 0 Å². The van der Waals surface area contributed by atoms with Gasteiger partial charge in [-0.15, -0.1) is 0 Å². The Morgan fingerprint density at radius 1 is 0.648 bits per heavy atom. The number of aromatic nitrogens is 1. The molecule has 0 spiro atoms. The summed E-state index contributed by atoms with van der Waals surface area (Å²) in [5.74, 6) is 0. The molecular weight excluding hydrogens is 655 g/mol. The van der Waals surface area contributed by atoms with Crippen LogP contribution >= 0.6 is 0 Å². The van der Waals surface area contributed by atoms with Gasteiger partial charge in [0.25, 0.3) is 0 Å². The summed E-state index contributed by atoms with van der Waals surface area (Å²) in [5.41, 5.74) is 8.03. The smallest absolute Gasteiger partial charge is 0.0716 e. The van der Waals surface area contributed by atoms with Gasteiger partial charge in [-0.05, 0) is 114 Å². The summed E-state index contributed by atoms with van der Waals surface area (Å²) in [4.78, 5) is 14.0. The van der Waals surface area contributed by atoms with Crippen molar-refractivity contribution >= 4 is 55.5 Å². The van der Waals surface area contributed by atoms with Gasteiger partial charge >= 0.3 is 0 Å². The van der Waals surface area contributed by atoms with Crippen LogP contribution in [-0.4, -0.2) is 17.4 Å². The molecule has 0 bridgehead atoms. The molecule has 1 aromatic heterocycles. The zero-order valence-electron chi connectivity index (χ0n) is 30.1. The number of hydrogen-bond acceptors (Lipinski definition) is 3. The van der Waals surface area contributed by atoms with E-state index in [1.54, 1.807) is 6.20 Å². The minimum Gasteiger partial charge on any atom is -0.280 e. The predicted molar refractivity (Wildman–Crippen MR) is 232 cm³/mol. The molecule has 0 aliphatic rings. The molecule has 0 radical (unpaired) electrons. The SMILES string of the molecule is C=CC(=C\C=C/Cc1cccnc1)/C(=C/C(=N\Cc1cc2ccccc2c2ccccc12)c1ccc(-c2cc3ccccc3c3ccccc23)cc1)N=C. The fraction of sp³-hybridized carbons (Fsp3) is 0.0392. The molecule has 8 rings (SSSR count). The van der Waals surface area contributed by atoms with Gasteiger partial charge in [0, 0.05) is 12.4 Å². The summed E-state index contributed by atoms with van der Waals surface area (Å²) in [5, 5.41) is 9.85. The Labute approximate surface area is 316 Å². The topological polar surface area (TPSA) is 37.6 Å². The second kappa shape index (κ2) is 15.7. The van der Waals surface area contributed by atoms with Gasteiger partial charge in [0.2, 0.25) is 0 Å². The van der Waals surface area contributed by atoms with Gasteiger partial charge in [0.1, 0.15) is 0 Å². The van der Waals surface area contributed by atoms with E-state index in [-0.39, 0.29) is 0 Å². The minimum atomic E-state index is 0.497. The highest BCUT2D eigenvalue weighted by atomic mass is 14.8. The van der Waals surface area contributed by atoms with Crippen LogP contribution in [0.5, 0.6) is 0 Å². The Kier molecular flexibility index (Phi) is 9.94. The van der Waals surface area contributed by atoms with Gasteiger partial charge in [-0.2, -0.15) is 0 Å². The number of fused-ring (bicyclic) bond motifs is 6. The van der Waals surface area contributed by atoms with Gasteiger partial charge < -0.3 is 0 Å². The van der Waals surface area contributed by atoms with Crippen molar-refractivity contribution in [3.8, 4) is 11.1 Å². The first-order valence-electron chi connectivity index (χ1n) is 18.2. The van der Waals surface area contributed by atoms with Crippen molar-refractivity contribution in [3.05, 3.63) is 223 Å². The quantitative estimate of drug-likeness (QED) is 0.0755. The zero-order chi connectivity index (χ0) is 36.7. The van der Waals surface area contributed by atoms with E-state index in [0.717, 1.165) is 34.4 Å². The summed E-state index contributed by atoms with van der Waals surface area (Å²) in [6.07, 6.45) is 14.5. The molecule has 3 heteroatoms. The molecule has 0 unspecified atom stereocenters. The van der Waals surface area contributed by atoms with Crippen molar-refractivity contribution in [2.75, 3.05) is 0 Å². The van der Waals surface area contributed by atoms with Crippen molar-refractivity contribution in [1.82, 2.24) is 4.98 Å². The highest BCUT2D eigenvalue weighted by Crippen LogP contribution is 2.35. The molecule has 0 fully saturated rings. The van der Waals surface area contributed by atoms with Crippen LogP contribution in [0.25, 0.3) is 54.2 Å². The number of allylic oxidation sites excluding steroid dienone is 5. The third-order valence-electron chi connectivity index (χ3n) is 9.98. The maximum atomic E-state index is 5.32. The molecule has 0 atom stereocenters. The van der Waals surface area contributed by atoms with E-state index in [9.17, 15) is 0 Å². The Morgan fingerprint density at radius 3 is 1.94 bits per heavy atom. The Hall–Kier alpha value is -6.97.